The van der Waals surface area contributed by atoms with Gasteiger partial charge in [0.1, 0.15) is 5.84 Å². The number of pyridine rings is 1. The van der Waals surface area contributed by atoms with Gasteiger partial charge in [-0.1, -0.05) is 32.0 Å². The lowest BCUT2D eigenvalue weighted by molar-refractivity contribution is 0.851. The lowest BCUT2D eigenvalue weighted by atomic mass is 10.2. The number of nitrogens with zero attached hydrogens (tertiary/aromatic N) is 3. The minimum atomic E-state index is 0.547. The van der Waals surface area contributed by atoms with Gasteiger partial charge in [0.2, 0.25) is 0 Å². The van der Waals surface area contributed by atoms with Gasteiger partial charge in [0.15, 0.2) is 0 Å². The number of hydrogen-bond donors (Lipinski definition) is 1. The Bertz CT molecular complexity index is 999. The number of para-hydroxylation sites is 1. The molecule has 5 heteroatoms. The molecule has 4 rings (SSSR count). The predicted octanol–water partition coefficient (Wildman–Crippen LogP) is 5.21. The van der Waals surface area contributed by atoms with E-state index in [1.807, 2.05) is 62.6 Å². The molecule has 0 amide bonds. The molecule has 0 aliphatic heterocycles. The van der Waals surface area contributed by atoms with Gasteiger partial charge in [-0.25, -0.2) is 4.99 Å². The molecular weight excluding hydrogens is 340 g/mol. The van der Waals surface area contributed by atoms with Crippen molar-refractivity contribution in [3.05, 3.63) is 82.9 Å². The molecule has 3 heterocycles. The number of benzene rings is 1. The molecule has 2 N–H and O–H groups in total. The Morgan fingerprint density at radius 3 is 2.77 bits per heavy atom. The first-order valence-corrected chi connectivity index (χ1v) is 9.53. The summed E-state index contributed by atoms with van der Waals surface area (Å²) in [6, 6.07) is 16.0. The molecule has 0 atom stereocenters. The highest BCUT2D eigenvalue weighted by Gasteiger charge is 2.06. The first-order valence-electron chi connectivity index (χ1n) is 8.65. The number of nitrogens with two attached hydrogens (primary N) is 1. The average Bonchev–Trinajstić information content (AvgIpc) is 3.32. The minimum absolute atomic E-state index is 0.547. The summed E-state index contributed by atoms with van der Waals surface area (Å²) >= 11 is 1.70. The van der Waals surface area contributed by atoms with Crippen LogP contribution >= 0.6 is 11.3 Å². The number of amidine groups is 1. The maximum Gasteiger partial charge on any atom is 0.132 e. The van der Waals surface area contributed by atoms with E-state index >= 15 is 0 Å². The van der Waals surface area contributed by atoms with Gasteiger partial charge in [0, 0.05) is 39.8 Å². The number of rotatable bonds is 4. The second-order valence-electron chi connectivity index (χ2n) is 5.51. The van der Waals surface area contributed by atoms with Crippen LogP contribution in [0.2, 0.25) is 0 Å². The monoisotopic (exact) mass is 362 g/mol. The van der Waals surface area contributed by atoms with Crippen molar-refractivity contribution in [2.75, 3.05) is 0 Å². The largest absolute Gasteiger partial charge is 0.383 e. The lowest BCUT2D eigenvalue weighted by Crippen LogP contribution is -2.11. The maximum absolute atomic E-state index is 6.15. The summed E-state index contributed by atoms with van der Waals surface area (Å²) in [6.45, 7) is 4.82. The van der Waals surface area contributed by atoms with Gasteiger partial charge in [-0.2, -0.15) is 0 Å². The second kappa shape index (κ2) is 8.45. The third-order valence-electron chi connectivity index (χ3n) is 3.85. The Labute approximate surface area is 157 Å². The van der Waals surface area contributed by atoms with Crippen molar-refractivity contribution in [2.45, 2.75) is 20.4 Å². The van der Waals surface area contributed by atoms with Gasteiger partial charge in [-0.3, -0.25) is 4.98 Å². The summed E-state index contributed by atoms with van der Waals surface area (Å²) in [6.07, 6.45) is 5.80. The van der Waals surface area contributed by atoms with Gasteiger partial charge < -0.3 is 10.3 Å². The van der Waals surface area contributed by atoms with Crippen LogP contribution in [-0.2, 0) is 6.54 Å². The normalized spacial score (nSPS) is 11.2. The van der Waals surface area contributed by atoms with E-state index in [0.29, 0.717) is 5.84 Å². The Kier molecular flexibility index (Phi) is 5.81. The summed E-state index contributed by atoms with van der Waals surface area (Å²) in [5.74, 6) is 0.547. The smallest absolute Gasteiger partial charge is 0.132 e. The average molecular weight is 363 g/mol. The molecule has 0 fully saturated rings. The number of fused-ring (bicyclic) bond motifs is 1. The van der Waals surface area contributed by atoms with Gasteiger partial charge in [0.05, 0.1) is 17.7 Å². The van der Waals surface area contributed by atoms with Crippen LogP contribution in [0.5, 0.6) is 0 Å². The van der Waals surface area contributed by atoms with E-state index in [2.05, 4.69) is 38.3 Å². The summed E-state index contributed by atoms with van der Waals surface area (Å²) in [4.78, 5) is 9.87. The molecule has 0 aliphatic carbocycles. The van der Waals surface area contributed by atoms with E-state index in [1.165, 1.54) is 10.4 Å². The highest BCUT2D eigenvalue weighted by atomic mass is 32.1. The van der Waals surface area contributed by atoms with Crippen molar-refractivity contribution >= 4 is 33.8 Å². The highest BCUT2D eigenvalue weighted by molar-refractivity contribution is 7.10. The van der Waals surface area contributed by atoms with Gasteiger partial charge in [-0.05, 0) is 30.3 Å². The van der Waals surface area contributed by atoms with Crippen LogP contribution in [-0.4, -0.2) is 15.4 Å². The van der Waals surface area contributed by atoms with Gasteiger partial charge in [-0.15, -0.1) is 11.3 Å². The Balaban J connectivity index is 0.000000948. The van der Waals surface area contributed by atoms with Crippen LogP contribution in [0.25, 0.3) is 10.9 Å². The molecule has 132 valence electrons. The molecular formula is C21H22N4S. The van der Waals surface area contributed by atoms with Crippen LogP contribution in [0.1, 0.15) is 24.3 Å². The fourth-order valence-electron chi connectivity index (χ4n) is 2.65. The Morgan fingerprint density at radius 1 is 1.15 bits per heavy atom. The number of aliphatic imine (C=N–C) groups is 1. The van der Waals surface area contributed by atoms with Crippen molar-refractivity contribution < 1.29 is 0 Å². The van der Waals surface area contributed by atoms with Crippen LogP contribution in [0, 0.1) is 0 Å². The van der Waals surface area contributed by atoms with Gasteiger partial charge in [0.25, 0.3) is 0 Å². The van der Waals surface area contributed by atoms with E-state index in [1.54, 1.807) is 11.3 Å². The summed E-state index contributed by atoms with van der Waals surface area (Å²) in [5, 5.41) is 3.21. The van der Waals surface area contributed by atoms with Crippen molar-refractivity contribution in [3.63, 3.8) is 0 Å². The molecule has 3 aromatic heterocycles. The summed E-state index contributed by atoms with van der Waals surface area (Å²) in [5.41, 5.74) is 9.17. The first kappa shape index (κ1) is 17.9. The molecule has 0 saturated carbocycles. The van der Waals surface area contributed by atoms with E-state index in [4.69, 9.17) is 5.73 Å². The molecule has 0 spiro atoms. The molecule has 0 unspecified atom stereocenters. The molecule has 1 aromatic carbocycles. The highest BCUT2D eigenvalue weighted by Crippen LogP contribution is 2.21. The van der Waals surface area contributed by atoms with E-state index in [-0.39, 0.29) is 0 Å². The number of aromatic nitrogens is 2. The number of thiophene rings is 1. The molecule has 4 aromatic rings. The summed E-state index contributed by atoms with van der Waals surface area (Å²) < 4.78 is 2.22. The third kappa shape index (κ3) is 4.00. The molecule has 0 saturated heterocycles. The first-order chi connectivity index (χ1) is 12.8. The van der Waals surface area contributed by atoms with Crippen LogP contribution < -0.4 is 5.73 Å². The zero-order valence-electron chi connectivity index (χ0n) is 15.0. The quantitative estimate of drug-likeness (QED) is 0.400. The van der Waals surface area contributed by atoms with Crippen LogP contribution in [0.15, 0.2) is 77.5 Å². The van der Waals surface area contributed by atoms with Crippen molar-refractivity contribution in [2.24, 2.45) is 10.7 Å². The van der Waals surface area contributed by atoms with E-state index in [9.17, 15) is 0 Å². The number of hydrogen-bond acceptors (Lipinski definition) is 3. The zero-order valence-corrected chi connectivity index (χ0v) is 15.8. The van der Waals surface area contributed by atoms with E-state index < -0.39 is 0 Å². The fraction of sp³-hybridized carbons (Fsp3) is 0.143. The topological polar surface area (TPSA) is 56.2 Å². The Hall–Kier alpha value is -2.92. The Morgan fingerprint density at radius 2 is 1.96 bits per heavy atom. The maximum atomic E-state index is 6.15. The van der Waals surface area contributed by atoms with Crippen LogP contribution in [0.4, 0.5) is 5.69 Å². The lowest BCUT2D eigenvalue weighted by Gasteiger charge is -2.02. The standard InChI is InChI=1S/C19H16N4S.C2H6/c20-19(22-16-4-2-1-3-5-16)15-10-17(24-13-15)12-23-9-7-14-11-21-8-6-18(14)23;1-2/h1-11,13H,12H2,(H2,20,22);1-2H3. The van der Waals surface area contributed by atoms with Crippen molar-refractivity contribution in [1.82, 2.24) is 9.55 Å². The molecule has 0 bridgehead atoms. The van der Waals surface area contributed by atoms with Crippen molar-refractivity contribution in [3.8, 4) is 0 Å². The minimum Gasteiger partial charge on any atom is -0.383 e. The molecule has 26 heavy (non-hydrogen) atoms. The fourth-order valence-corrected chi connectivity index (χ4v) is 3.53. The summed E-state index contributed by atoms with van der Waals surface area (Å²) in [7, 11) is 0. The molecule has 4 nitrogen and oxygen atoms in total. The SMILES string of the molecule is CC.NC(=Nc1ccccc1)c1csc(Cn2ccc3cnccc32)c1. The van der Waals surface area contributed by atoms with Gasteiger partial charge >= 0.3 is 0 Å². The van der Waals surface area contributed by atoms with Crippen molar-refractivity contribution in [1.29, 1.82) is 0 Å². The zero-order chi connectivity index (χ0) is 18.4. The van der Waals surface area contributed by atoms with E-state index in [0.717, 1.165) is 23.2 Å². The van der Waals surface area contributed by atoms with Crippen LogP contribution in [0.3, 0.4) is 0 Å². The predicted molar refractivity (Wildman–Crippen MR) is 111 cm³/mol. The molecule has 0 radical (unpaired) electrons. The second-order valence-corrected chi connectivity index (χ2v) is 6.51. The third-order valence-corrected chi connectivity index (χ3v) is 4.77. The molecule has 0 aliphatic rings.